The standard InChI is InChI=1S/C13H16FNO2/c1-9-6-12(15(7-9)8-13(16)17)10-4-2-3-5-11(10)14/h2-5,9,12H,6-8H2,1H3,(H,16,17)/t9-,12+/m0/s1. The van der Waals surface area contributed by atoms with Crippen LogP contribution in [0.15, 0.2) is 24.3 Å². The quantitative estimate of drug-likeness (QED) is 0.876. The monoisotopic (exact) mass is 237 g/mol. The highest BCUT2D eigenvalue weighted by atomic mass is 19.1. The van der Waals surface area contributed by atoms with Crippen LogP contribution in [0.5, 0.6) is 0 Å². The van der Waals surface area contributed by atoms with E-state index in [0.717, 1.165) is 6.42 Å². The van der Waals surface area contributed by atoms with Crippen molar-refractivity contribution in [3.05, 3.63) is 35.6 Å². The molecule has 2 atom stereocenters. The van der Waals surface area contributed by atoms with Crippen molar-refractivity contribution in [2.24, 2.45) is 5.92 Å². The molecule has 1 N–H and O–H groups in total. The third-order valence-corrected chi connectivity index (χ3v) is 3.22. The van der Waals surface area contributed by atoms with Crippen molar-refractivity contribution in [1.82, 2.24) is 4.90 Å². The molecule has 0 aliphatic carbocycles. The molecule has 92 valence electrons. The number of rotatable bonds is 3. The average Bonchev–Trinajstić information content (AvgIpc) is 2.59. The van der Waals surface area contributed by atoms with Gasteiger partial charge >= 0.3 is 5.97 Å². The number of hydrogen-bond acceptors (Lipinski definition) is 2. The van der Waals surface area contributed by atoms with Crippen molar-refractivity contribution in [2.45, 2.75) is 19.4 Å². The van der Waals surface area contributed by atoms with Gasteiger partial charge in [-0.1, -0.05) is 25.1 Å². The van der Waals surface area contributed by atoms with Crippen molar-refractivity contribution < 1.29 is 14.3 Å². The minimum Gasteiger partial charge on any atom is -0.480 e. The molecule has 0 unspecified atom stereocenters. The van der Waals surface area contributed by atoms with Crippen LogP contribution in [0.3, 0.4) is 0 Å². The van der Waals surface area contributed by atoms with E-state index in [1.54, 1.807) is 18.2 Å². The maximum absolute atomic E-state index is 13.7. The highest BCUT2D eigenvalue weighted by molar-refractivity contribution is 5.69. The molecule has 17 heavy (non-hydrogen) atoms. The van der Waals surface area contributed by atoms with Crippen LogP contribution in [-0.2, 0) is 4.79 Å². The van der Waals surface area contributed by atoms with Gasteiger partial charge in [-0.2, -0.15) is 0 Å². The molecule has 1 aliphatic heterocycles. The first kappa shape index (κ1) is 12.0. The first-order chi connectivity index (χ1) is 8.08. The van der Waals surface area contributed by atoms with Crippen molar-refractivity contribution >= 4 is 5.97 Å². The fourth-order valence-corrected chi connectivity index (χ4v) is 2.55. The SMILES string of the molecule is C[C@H]1C[C@H](c2ccccc2F)N(CC(=O)O)C1. The van der Waals surface area contributed by atoms with Crippen molar-refractivity contribution in [3.63, 3.8) is 0 Å². The van der Waals surface area contributed by atoms with E-state index in [0.29, 0.717) is 18.0 Å². The van der Waals surface area contributed by atoms with Crippen LogP contribution in [0.2, 0.25) is 0 Å². The van der Waals surface area contributed by atoms with Crippen molar-refractivity contribution in [3.8, 4) is 0 Å². The summed E-state index contributed by atoms with van der Waals surface area (Å²) in [7, 11) is 0. The lowest BCUT2D eigenvalue weighted by Gasteiger charge is -2.23. The largest absolute Gasteiger partial charge is 0.480 e. The molecule has 1 aliphatic rings. The Morgan fingerprint density at radius 3 is 2.88 bits per heavy atom. The predicted molar refractivity (Wildman–Crippen MR) is 62.1 cm³/mol. The molecule has 1 heterocycles. The Labute approximate surface area is 99.9 Å². The number of benzene rings is 1. The molecule has 4 heteroatoms. The summed E-state index contributed by atoms with van der Waals surface area (Å²) in [6.07, 6.45) is 0.814. The Hall–Kier alpha value is -1.42. The number of likely N-dealkylation sites (tertiary alicyclic amines) is 1. The average molecular weight is 237 g/mol. The van der Waals surface area contributed by atoms with Crippen LogP contribution < -0.4 is 0 Å². The maximum Gasteiger partial charge on any atom is 0.317 e. The molecule has 0 saturated carbocycles. The van der Waals surface area contributed by atoms with Crippen LogP contribution in [-0.4, -0.2) is 29.1 Å². The van der Waals surface area contributed by atoms with E-state index in [1.165, 1.54) is 6.07 Å². The van der Waals surface area contributed by atoms with Crippen LogP contribution >= 0.6 is 0 Å². The summed E-state index contributed by atoms with van der Waals surface area (Å²) in [5.74, 6) is -0.707. The number of halogens is 1. The summed E-state index contributed by atoms with van der Waals surface area (Å²) >= 11 is 0. The Balaban J connectivity index is 2.24. The molecular weight excluding hydrogens is 221 g/mol. The number of carbonyl (C=O) groups is 1. The first-order valence-electron chi connectivity index (χ1n) is 5.78. The summed E-state index contributed by atoms with van der Waals surface area (Å²) in [5, 5.41) is 8.86. The summed E-state index contributed by atoms with van der Waals surface area (Å²) < 4.78 is 13.7. The summed E-state index contributed by atoms with van der Waals surface area (Å²) in [4.78, 5) is 12.6. The van der Waals surface area contributed by atoms with Gasteiger partial charge < -0.3 is 5.11 Å². The van der Waals surface area contributed by atoms with Crippen molar-refractivity contribution in [1.29, 1.82) is 0 Å². The molecule has 2 rings (SSSR count). The van der Waals surface area contributed by atoms with Crippen LogP contribution in [0.25, 0.3) is 0 Å². The molecular formula is C13H16FNO2. The van der Waals surface area contributed by atoms with Gasteiger partial charge in [0.05, 0.1) is 6.54 Å². The lowest BCUT2D eigenvalue weighted by molar-refractivity contribution is -0.138. The van der Waals surface area contributed by atoms with E-state index in [2.05, 4.69) is 6.92 Å². The van der Waals surface area contributed by atoms with Gasteiger partial charge in [0.15, 0.2) is 0 Å². The number of nitrogens with zero attached hydrogens (tertiary/aromatic N) is 1. The molecule has 0 amide bonds. The third kappa shape index (κ3) is 2.64. The summed E-state index contributed by atoms with van der Waals surface area (Å²) in [6.45, 7) is 2.75. The van der Waals surface area contributed by atoms with Gasteiger partial charge in [-0.05, 0) is 18.4 Å². The zero-order valence-corrected chi connectivity index (χ0v) is 9.77. The zero-order valence-electron chi connectivity index (χ0n) is 9.77. The normalized spacial score (nSPS) is 25.1. The fraction of sp³-hybridized carbons (Fsp3) is 0.462. The van der Waals surface area contributed by atoms with Gasteiger partial charge in [0.1, 0.15) is 5.82 Å². The summed E-state index contributed by atoms with van der Waals surface area (Å²) in [6, 6.07) is 6.51. The van der Waals surface area contributed by atoms with Gasteiger partial charge in [-0.3, -0.25) is 9.69 Å². The highest BCUT2D eigenvalue weighted by Crippen LogP contribution is 2.35. The second-order valence-corrected chi connectivity index (χ2v) is 4.70. The zero-order chi connectivity index (χ0) is 12.4. The molecule has 0 spiro atoms. The summed E-state index contributed by atoms with van der Waals surface area (Å²) in [5.41, 5.74) is 0.609. The van der Waals surface area contributed by atoms with Crippen LogP contribution in [0, 0.1) is 11.7 Å². The smallest absolute Gasteiger partial charge is 0.317 e. The highest BCUT2D eigenvalue weighted by Gasteiger charge is 2.33. The Morgan fingerprint density at radius 1 is 1.53 bits per heavy atom. The van der Waals surface area contributed by atoms with Gasteiger partial charge in [-0.15, -0.1) is 0 Å². The van der Waals surface area contributed by atoms with Gasteiger partial charge in [0.25, 0.3) is 0 Å². The molecule has 1 aromatic carbocycles. The minimum absolute atomic E-state index is 0.0245. The van der Waals surface area contributed by atoms with Gasteiger partial charge in [-0.25, -0.2) is 4.39 Å². The molecule has 1 saturated heterocycles. The molecule has 1 fully saturated rings. The van der Waals surface area contributed by atoms with E-state index in [1.807, 2.05) is 4.90 Å². The molecule has 3 nitrogen and oxygen atoms in total. The predicted octanol–water partition coefficient (Wildman–Crippen LogP) is 2.29. The molecule has 0 bridgehead atoms. The lowest BCUT2D eigenvalue weighted by atomic mass is 10.0. The van der Waals surface area contributed by atoms with E-state index in [9.17, 15) is 9.18 Å². The number of carboxylic acids is 1. The van der Waals surface area contributed by atoms with E-state index in [-0.39, 0.29) is 18.4 Å². The lowest BCUT2D eigenvalue weighted by Crippen LogP contribution is -2.30. The van der Waals surface area contributed by atoms with E-state index in [4.69, 9.17) is 5.11 Å². The minimum atomic E-state index is -0.861. The van der Waals surface area contributed by atoms with Gasteiger partial charge in [0.2, 0.25) is 0 Å². The Morgan fingerprint density at radius 2 is 2.24 bits per heavy atom. The third-order valence-electron chi connectivity index (χ3n) is 3.22. The second-order valence-electron chi connectivity index (χ2n) is 4.70. The number of carboxylic acid groups (broad SMARTS) is 1. The molecule has 0 aromatic heterocycles. The Bertz CT molecular complexity index is 422. The molecule has 0 radical (unpaired) electrons. The van der Waals surface area contributed by atoms with E-state index >= 15 is 0 Å². The van der Waals surface area contributed by atoms with Crippen LogP contribution in [0.1, 0.15) is 24.9 Å². The van der Waals surface area contributed by atoms with E-state index < -0.39 is 5.97 Å². The van der Waals surface area contributed by atoms with Gasteiger partial charge in [0, 0.05) is 18.2 Å². The molecule has 1 aromatic rings. The fourth-order valence-electron chi connectivity index (χ4n) is 2.55. The van der Waals surface area contributed by atoms with Crippen molar-refractivity contribution in [2.75, 3.05) is 13.1 Å². The number of hydrogen-bond donors (Lipinski definition) is 1. The first-order valence-corrected chi connectivity index (χ1v) is 5.78. The second kappa shape index (κ2) is 4.84. The van der Waals surface area contributed by atoms with Crippen LogP contribution in [0.4, 0.5) is 4.39 Å². The Kier molecular flexibility index (Phi) is 3.43. The topological polar surface area (TPSA) is 40.5 Å². The number of aliphatic carboxylic acids is 1. The maximum atomic E-state index is 13.7.